The van der Waals surface area contributed by atoms with E-state index in [0.717, 1.165) is 16.6 Å². The fourth-order valence-corrected chi connectivity index (χ4v) is 4.11. The molecule has 3 aromatic heterocycles. The number of carbonyl (C=O) groups is 1. The number of rotatable bonds is 5. The van der Waals surface area contributed by atoms with E-state index < -0.39 is 6.10 Å². The SMILES string of the molecule is CCc1nc(-c2cncnc2C2CN(C(=O)Cn3c(C)cc4ccccc43)CCO2)no1. The monoisotopic (exact) mass is 432 g/mol. The number of fused-ring (bicyclic) bond motifs is 1. The van der Waals surface area contributed by atoms with Crippen LogP contribution in [0.1, 0.15) is 30.3 Å². The molecule has 1 saturated heterocycles. The number of carbonyl (C=O) groups excluding carboxylic acids is 1. The summed E-state index contributed by atoms with van der Waals surface area (Å²) < 4.78 is 13.3. The van der Waals surface area contributed by atoms with Gasteiger partial charge in [0.25, 0.3) is 0 Å². The number of nitrogens with zero attached hydrogens (tertiary/aromatic N) is 6. The molecule has 0 bridgehead atoms. The first-order chi connectivity index (χ1) is 15.6. The Morgan fingerprint density at radius 3 is 3.00 bits per heavy atom. The fourth-order valence-electron chi connectivity index (χ4n) is 4.11. The average Bonchev–Trinajstić information content (AvgIpc) is 3.44. The van der Waals surface area contributed by atoms with Gasteiger partial charge in [0, 0.05) is 30.4 Å². The van der Waals surface area contributed by atoms with Crippen molar-refractivity contribution in [3.05, 3.63) is 60.1 Å². The van der Waals surface area contributed by atoms with Gasteiger partial charge in [0.1, 0.15) is 19.0 Å². The Morgan fingerprint density at radius 1 is 1.28 bits per heavy atom. The first kappa shape index (κ1) is 20.3. The van der Waals surface area contributed by atoms with Crippen LogP contribution in [0.25, 0.3) is 22.3 Å². The van der Waals surface area contributed by atoms with E-state index in [1.54, 1.807) is 6.20 Å². The molecule has 0 spiro atoms. The molecule has 0 N–H and O–H groups in total. The van der Waals surface area contributed by atoms with E-state index in [0.29, 0.717) is 49.1 Å². The molecule has 9 heteroatoms. The summed E-state index contributed by atoms with van der Waals surface area (Å²) in [5.41, 5.74) is 3.43. The van der Waals surface area contributed by atoms with E-state index in [2.05, 4.69) is 36.8 Å². The second kappa shape index (κ2) is 8.51. The zero-order chi connectivity index (χ0) is 22.1. The molecule has 164 valence electrons. The third kappa shape index (κ3) is 3.75. The Labute approximate surface area is 185 Å². The van der Waals surface area contributed by atoms with Gasteiger partial charge in [0.2, 0.25) is 17.6 Å². The van der Waals surface area contributed by atoms with Crippen molar-refractivity contribution in [2.45, 2.75) is 32.9 Å². The van der Waals surface area contributed by atoms with Gasteiger partial charge in [-0.05, 0) is 24.4 Å². The molecule has 5 rings (SSSR count). The van der Waals surface area contributed by atoms with Crippen LogP contribution in [0.5, 0.6) is 0 Å². The number of aryl methyl sites for hydroxylation is 2. The molecule has 1 atom stereocenters. The molecule has 0 saturated carbocycles. The summed E-state index contributed by atoms with van der Waals surface area (Å²) in [6.07, 6.45) is 3.38. The first-order valence-electron chi connectivity index (χ1n) is 10.7. The highest BCUT2D eigenvalue weighted by molar-refractivity contribution is 5.84. The normalized spacial score (nSPS) is 16.6. The molecule has 32 heavy (non-hydrogen) atoms. The van der Waals surface area contributed by atoms with Crippen molar-refractivity contribution in [3.63, 3.8) is 0 Å². The molecule has 4 aromatic rings. The minimum atomic E-state index is -0.392. The molecule has 1 amide bonds. The topological polar surface area (TPSA) is 99.2 Å². The van der Waals surface area contributed by atoms with E-state index in [-0.39, 0.29) is 12.5 Å². The summed E-state index contributed by atoms with van der Waals surface area (Å²) in [5.74, 6) is 1.02. The van der Waals surface area contributed by atoms with Gasteiger partial charge in [-0.3, -0.25) is 4.79 Å². The second-order valence-electron chi connectivity index (χ2n) is 7.82. The van der Waals surface area contributed by atoms with Gasteiger partial charge >= 0.3 is 0 Å². The Kier molecular flexibility index (Phi) is 5.40. The van der Waals surface area contributed by atoms with Crippen molar-refractivity contribution in [1.29, 1.82) is 0 Å². The van der Waals surface area contributed by atoms with Crippen molar-refractivity contribution < 1.29 is 14.1 Å². The first-order valence-corrected chi connectivity index (χ1v) is 10.7. The van der Waals surface area contributed by atoms with Crippen molar-refractivity contribution in [2.75, 3.05) is 19.7 Å². The molecular formula is C23H24N6O3. The van der Waals surface area contributed by atoms with Crippen molar-refractivity contribution in [3.8, 4) is 11.4 Å². The van der Waals surface area contributed by atoms with Crippen LogP contribution in [0.4, 0.5) is 0 Å². The quantitative estimate of drug-likeness (QED) is 0.478. The maximum absolute atomic E-state index is 13.2. The maximum atomic E-state index is 13.2. The molecule has 9 nitrogen and oxygen atoms in total. The summed E-state index contributed by atoms with van der Waals surface area (Å²) in [6, 6.07) is 10.2. The molecule has 0 radical (unpaired) electrons. The van der Waals surface area contributed by atoms with Gasteiger partial charge in [0.15, 0.2) is 0 Å². The number of morpholine rings is 1. The molecule has 0 aliphatic carbocycles. The number of para-hydroxylation sites is 1. The van der Waals surface area contributed by atoms with Crippen LogP contribution >= 0.6 is 0 Å². The van der Waals surface area contributed by atoms with Crippen LogP contribution in [0.2, 0.25) is 0 Å². The summed E-state index contributed by atoms with van der Waals surface area (Å²) in [4.78, 5) is 28.0. The fraction of sp³-hybridized carbons (Fsp3) is 0.348. The number of benzene rings is 1. The van der Waals surface area contributed by atoms with E-state index in [9.17, 15) is 4.79 Å². The van der Waals surface area contributed by atoms with Crippen LogP contribution < -0.4 is 0 Å². The zero-order valence-electron chi connectivity index (χ0n) is 18.1. The molecule has 4 heterocycles. The molecule has 1 fully saturated rings. The van der Waals surface area contributed by atoms with E-state index >= 15 is 0 Å². The zero-order valence-corrected chi connectivity index (χ0v) is 18.1. The molecular weight excluding hydrogens is 408 g/mol. The van der Waals surface area contributed by atoms with Crippen LogP contribution in [0, 0.1) is 6.92 Å². The highest BCUT2D eigenvalue weighted by Gasteiger charge is 2.29. The smallest absolute Gasteiger partial charge is 0.242 e. The number of hydrogen-bond acceptors (Lipinski definition) is 7. The predicted molar refractivity (Wildman–Crippen MR) is 117 cm³/mol. The summed E-state index contributed by atoms with van der Waals surface area (Å²) in [7, 11) is 0. The number of aromatic nitrogens is 5. The lowest BCUT2D eigenvalue weighted by atomic mass is 10.1. The van der Waals surface area contributed by atoms with Gasteiger partial charge in [-0.25, -0.2) is 9.97 Å². The lowest BCUT2D eigenvalue weighted by molar-refractivity contribution is -0.139. The number of amides is 1. The van der Waals surface area contributed by atoms with Gasteiger partial charge in [-0.2, -0.15) is 4.98 Å². The van der Waals surface area contributed by atoms with Crippen molar-refractivity contribution in [1.82, 2.24) is 29.6 Å². The number of hydrogen-bond donors (Lipinski definition) is 0. The minimum Gasteiger partial charge on any atom is -0.368 e. The molecule has 1 aliphatic heterocycles. The van der Waals surface area contributed by atoms with E-state index in [1.807, 2.05) is 36.9 Å². The maximum Gasteiger partial charge on any atom is 0.242 e. The van der Waals surface area contributed by atoms with Crippen LogP contribution in [-0.2, 0) is 22.5 Å². The highest BCUT2D eigenvalue weighted by atomic mass is 16.5. The Bertz CT molecular complexity index is 1260. The molecule has 1 aromatic carbocycles. The average molecular weight is 432 g/mol. The summed E-state index contributed by atoms with van der Waals surface area (Å²) in [6.45, 7) is 5.63. The summed E-state index contributed by atoms with van der Waals surface area (Å²) >= 11 is 0. The standard InChI is InChI=1S/C23H24N6O3/c1-3-20-26-23(27-32-20)17-11-24-14-25-22(17)19-12-28(8-9-31-19)21(30)13-29-15(2)10-16-6-4-5-7-18(16)29/h4-7,10-11,14,19H,3,8-9,12-13H2,1-2H3. The van der Waals surface area contributed by atoms with Gasteiger partial charge < -0.3 is 18.7 Å². The van der Waals surface area contributed by atoms with Crippen molar-refractivity contribution in [2.24, 2.45) is 0 Å². The van der Waals surface area contributed by atoms with Gasteiger partial charge in [-0.15, -0.1) is 0 Å². The third-order valence-corrected chi connectivity index (χ3v) is 5.79. The van der Waals surface area contributed by atoms with Crippen LogP contribution in [0.3, 0.4) is 0 Å². The van der Waals surface area contributed by atoms with E-state index in [1.165, 1.54) is 6.33 Å². The second-order valence-corrected chi connectivity index (χ2v) is 7.82. The Morgan fingerprint density at radius 2 is 2.16 bits per heavy atom. The Hall–Kier alpha value is -3.59. The molecule has 1 aliphatic rings. The van der Waals surface area contributed by atoms with Gasteiger partial charge in [0.05, 0.1) is 24.4 Å². The molecule has 1 unspecified atom stereocenters. The van der Waals surface area contributed by atoms with Gasteiger partial charge in [-0.1, -0.05) is 30.3 Å². The minimum absolute atomic E-state index is 0.0474. The van der Waals surface area contributed by atoms with E-state index in [4.69, 9.17) is 9.26 Å². The number of ether oxygens (including phenoxy) is 1. The predicted octanol–water partition coefficient (Wildman–Crippen LogP) is 2.95. The highest BCUT2D eigenvalue weighted by Crippen LogP contribution is 2.29. The van der Waals surface area contributed by atoms with Crippen LogP contribution in [-0.4, -0.2) is 55.2 Å². The lowest BCUT2D eigenvalue weighted by Gasteiger charge is -2.33. The lowest BCUT2D eigenvalue weighted by Crippen LogP contribution is -2.44. The van der Waals surface area contributed by atoms with Crippen LogP contribution in [0.15, 0.2) is 47.4 Å². The third-order valence-electron chi connectivity index (χ3n) is 5.79. The summed E-state index contributed by atoms with van der Waals surface area (Å²) in [5, 5.41) is 5.18. The Balaban J connectivity index is 1.37. The largest absolute Gasteiger partial charge is 0.368 e. The van der Waals surface area contributed by atoms with Crippen molar-refractivity contribution >= 4 is 16.8 Å².